The van der Waals surface area contributed by atoms with Crippen molar-refractivity contribution >= 4 is 0 Å². The molecule has 1 aliphatic rings. The Kier molecular flexibility index (Phi) is 8.05. The lowest BCUT2D eigenvalue weighted by Gasteiger charge is -2.36. The summed E-state index contributed by atoms with van der Waals surface area (Å²) in [6, 6.07) is 0.453. The Morgan fingerprint density at radius 1 is 1.00 bits per heavy atom. The summed E-state index contributed by atoms with van der Waals surface area (Å²) in [7, 11) is 0. The summed E-state index contributed by atoms with van der Waals surface area (Å²) >= 11 is 0. The van der Waals surface area contributed by atoms with Crippen LogP contribution in [0.5, 0.6) is 0 Å². The SMILES string of the molecule is CCCn1nnnc1CN1CCCC(CN(Cc2nnnn2CCC)C(C)C)C1. The molecule has 1 fully saturated rings. The van der Waals surface area contributed by atoms with Crippen LogP contribution >= 0.6 is 0 Å². The maximum Gasteiger partial charge on any atom is 0.165 e. The number of nitrogens with zero attached hydrogens (tertiary/aromatic N) is 10. The second kappa shape index (κ2) is 10.7. The minimum atomic E-state index is 0.453. The second-order valence-electron chi connectivity index (χ2n) is 8.40. The molecule has 29 heavy (non-hydrogen) atoms. The molecule has 10 nitrogen and oxygen atoms in total. The topological polar surface area (TPSA) is 93.7 Å². The summed E-state index contributed by atoms with van der Waals surface area (Å²) in [5.41, 5.74) is 0. The third-order valence-electron chi connectivity index (χ3n) is 5.62. The van der Waals surface area contributed by atoms with Crippen LogP contribution in [0.2, 0.25) is 0 Å². The highest BCUT2D eigenvalue weighted by Crippen LogP contribution is 2.21. The van der Waals surface area contributed by atoms with Crippen molar-refractivity contribution in [1.29, 1.82) is 0 Å². The molecule has 1 atom stereocenters. The molecule has 3 rings (SSSR count). The first-order chi connectivity index (χ1) is 14.1. The van der Waals surface area contributed by atoms with Crippen LogP contribution in [0.4, 0.5) is 0 Å². The van der Waals surface area contributed by atoms with Crippen LogP contribution in [0.1, 0.15) is 65.0 Å². The number of piperidine rings is 1. The summed E-state index contributed by atoms with van der Waals surface area (Å²) in [5.74, 6) is 2.58. The van der Waals surface area contributed by atoms with Gasteiger partial charge in [0.15, 0.2) is 11.6 Å². The van der Waals surface area contributed by atoms with Gasteiger partial charge in [-0.05, 0) is 72.8 Å². The Balaban J connectivity index is 1.58. The van der Waals surface area contributed by atoms with Crippen molar-refractivity contribution in [2.75, 3.05) is 19.6 Å². The average molecular weight is 405 g/mol. The molecule has 0 aromatic carbocycles. The number of rotatable bonds is 11. The van der Waals surface area contributed by atoms with Gasteiger partial charge in [0.2, 0.25) is 0 Å². The predicted octanol–water partition coefficient (Wildman–Crippen LogP) is 1.60. The van der Waals surface area contributed by atoms with E-state index in [4.69, 9.17) is 0 Å². The van der Waals surface area contributed by atoms with Gasteiger partial charge in [0.1, 0.15) is 0 Å². The lowest BCUT2D eigenvalue weighted by molar-refractivity contribution is 0.104. The molecule has 0 radical (unpaired) electrons. The van der Waals surface area contributed by atoms with Gasteiger partial charge in [0, 0.05) is 32.2 Å². The fourth-order valence-electron chi connectivity index (χ4n) is 4.06. The first-order valence-electron chi connectivity index (χ1n) is 11.1. The minimum Gasteiger partial charge on any atom is -0.296 e. The largest absolute Gasteiger partial charge is 0.296 e. The van der Waals surface area contributed by atoms with E-state index >= 15 is 0 Å². The molecule has 2 aromatic rings. The van der Waals surface area contributed by atoms with E-state index < -0.39 is 0 Å². The van der Waals surface area contributed by atoms with Crippen molar-refractivity contribution in [1.82, 2.24) is 50.2 Å². The Morgan fingerprint density at radius 2 is 1.66 bits per heavy atom. The van der Waals surface area contributed by atoms with Crippen molar-refractivity contribution in [2.45, 2.75) is 85.6 Å². The molecule has 0 bridgehead atoms. The van der Waals surface area contributed by atoms with Crippen LogP contribution < -0.4 is 0 Å². The molecule has 0 amide bonds. The number of hydrogen-bond acceptors (Lipinski definition) is 8. The van der Waals surface area contributed by atoms with Gasteiger partial charge >= 0.3 is 0 Å². The first-order valence-corrected chi connectivity index (χ1v) is 11.1. The Bertz CT molecular complexity index is 724. The highest BCUT2D eigenvalue weighted by molar-refractivity contribution is 4.87. The summed E-state index contributed by atoms with van der Waals surface area (Å²) in [6.07, 6.45) is 4.56. The Labute approximate surface area is 173 Å². The number of aryl methyl sites for hydroxylation is 2. The van der Waals surface area contributed by atoms with E-state index in [1.54, 1.807) is 0 Å². The van der Waals surface area contributed by atoms with E-state index in [1.165, 1.54) is 12.8 Å². The third kappa shape index (κ3) is 6.02. The Hall–Kier alpha value is -1.94. The van der Waals surface area contributed by atoms with Crippen LogP contribution in [0.15, 0.2) is 0 Å². The molecular weight excluding hydrogens is 368 g/mol. The zero-order chi connectivity index (χ0) is 20.6. The molecule has 1 aliphatic heterocycles. The highest BCUT2D eigenvalue weighted by Gasteiger charge is 2.25. The molecule has 1 unspecified atom stereocenters. The van der Waals surface area contributed by atoms with Crippen LogP contribution in [-0.2, 0) is 26.2 Å². The molecule has 0 saturated carbocycles. The zero-order valence-electron chi connectivity index (χ0n) is 18.4. The standard InChI is InChI=1S/C19H36N10/c1-5-9-28-18(20-22-24-28)14-26-11-7-8-17(12-26)13-27(16(3)4)15-19-21-23-25-29(19)10-6-2/h16-17H,5-15H2,1-4H3. The molecule has 3 heterocycles. The molecule has 162 valence electrons. The van der Waals surface area contributed by atoms with Crippen LogP contribution in [0.3, 0.4) is 0 Å². The maximum absolute atomic E-state index is 4.27. The Morgan fingerprint density at radius 3 is 2.31 bits per heavy atom. The molecule has 0 spiro atoms. The van der Waals surface area contributed by atoms with Gasteiger partial charge in [-0.1, -0.05) is 13.8 Å². The smallest absolute Gasteiger partial charge is 0.165 e. The third-order valence-corrected chi connectivity index (χ3v) is 5.62. The summed E-state index contributed by atoms with van der Waals surface area (Å²) in [4.78, 5) is 5.01. The molecule has 1 saturated heterocycles. The quantitative estimate of drug-likeness (QED) is 0.557. The fourth-order valence-corrected chi connectivity index (χ4v) is 4.06. The summed E-state index contributed by atoms with van der Waals surface area (Å²) in [5, 5.41) is 24.5. The monoisotopic (exact) mass is 404 g/mol. The molecular formula is C19H36N10. The average Bonchev–Trinajstić information content (AvgIpc) is 3.32. The number of tetrazole rings is 2. The molecule has 0 N–H and O–H groups in total. The lowest BCUT2D eigenvalue weighted by Crippen LogP contribution is -2.43. The van der Waals surface area contributed by atoms with E-state index in [-0.39, 0.29) is 0 Å². The van der Waals surface area contributed by atoms with Gasteiger partial charge in [-0.3, -0.25) is 9.80 Å². The van der Waals surface area contributed by atoms with Crippen molar-refractivity contribution in [3.8, 4) is 0 Å². The number of hydrogen-bond donors (Lipinski definition) is 0. The van der Waals surface area contributed by atoms with Crippen LogP contribution in [-0.4, -0.2) is 75.9 Å². The minimum absolute atomic E-state index is 0.453. The second-order valence-corrected chi connectivity index (χ2v) is 8.40. The highest BCUT2D eigenvalue weighted by atomic mass is 15.6. The van der Waals surface area contributed by atoms with Crippen molar-refractivity contribution in [3.63, 3.8) is 0 Å². The van der Waals surface area contributed by atoms with Crippen molar-refractivity contribution in [2.24, 2.45) is 5.92 Å². The van der Waals surface area contributed by atoms with Gasteiger partial charge in [-0.25, -0.2) is 9.36 Å². The maximum atomic E-state index is 4.27. The molecule has 2 aromatic heterocycles. The zero-order valence-corrected chi connectivity index (χ0v) is 18.4. The number of aromatic nitrogens is 8. The van der Waals surface area contributed by atoms with Gasteiger partial charge < -0.3 is 0 Å². The molecule has 0 aliphatic carbocycles. The van der Waals surface area contributed by atoms with E-state index in [1.807, 2.05) is 9.36 Å². The van der Waals surface area contributed by atoms with E-state index in [0.717, 1.165) is 70.3 Å². The van der Waals surface area contributed by atoms with Crippen molar-refractivity contribution < 1.29 is 0 Å². The predicted molar refractivity (Wildman–Crippen MR) is 110 cm³/mol. The summed E-state index contributed by atoms with van der Waals surface area (Å²) < 4.78 is 3.88. The van der Waals surface area contributed by atoms with Gasteiger partial charge in [0.25, 0.3) is 0 Å². The van der Waals surface area contributed by atoms with Gasteiger partial charge in [0.05, 0.1) is 13.1 Å². The molecule has 10 heteroatoms. The summed E-state index contributed by atoms with van der Waals surface area (Å²) in [6.45, 7) is 15.5. The van der Waals surface area contributed by atoms with Crippen LogP contribution in [0, 0.1) is 5.92 Å². The van der Waals surface area contributed by atoms with E-state index in [9.17, 15) is 0 Å². The number of likely N-dealkylation sites (tertiary alicyclic amines) is 1. The fraction of sp³-hybridized carbons (Fsp3) is 0.895. The van der Waals surface area contributed by atoms with E-state index in [0.29, 0.717) is 12.0 Å². The van der Waals surface area contributed by atoms with E-state index in [2.05, 4.69) is 68.5 Å². The first kappa shape index (κ1) is 21.8. The van der Waals surface area contributed by atoms with Gasteiger partial charge in [-0.15, -0.1) is 10.2 Å². The van der Waals surface area contributed by atoms with Gasteiger partial charge in [-0.2, -0.15) is 0 Å². The normalized spacial score (nSPS) is 18.2. The lowest BCUT2D eigenvalue weighted by atomic mass is 9.97. The van der Waals surface area contributed by atoms with Crippen LogP contribution in [0.25, 0.3) is 0 Å². The van der Waals surface area contributed by atoms with Crippen molar-refractivity contribution in [3.05, 3.63) is 11.6 Å².